The number of fused-ring (bicyclic) bond motifs is 1. The number of ether oxygens (including phenoxy) is 1. The molecule has 8 heteroatoms. The van der Waals surface area contributed by atoms with E-state index in [-0.39, 0.29) is 13.0 Å². The van der Waals surface area contributed by atoms with Crippen molar-refractivity contribution in [1.29, 1.82) is 0 Å². The maximum absolute atomic E-state index is 11.5. The van der Waals surface area contributed by atoms with E-state index in [2.05, 4.69) is 14.7 Å². The van der Waals surface area contributed by atoms with Crippen molar-refractivity contribution in [3.8, 4) is 0 Å². The Morgan fingerprint density at radius 1 is 1.53 bits per heavy atom. The predicted molar refractivity (Wildman–Crippen MR) is 57.9 cm³/mol. The van der Waals surface area contributed by atoms with E-state index in [0.717, 1.165) is 4.31 Å². The summed E-state index contributed by atoms with van der Waals surface area (Å²) < 4.78 is 26.1. The van der Waals surface area contributed by atoms with Gasteiger partial charge in [-0.3, -0.25) is 19.3 Å². The van der Waals surface area contributed by atoms with Crippen molar-refractivity contribution in [3.05, 3.63) is 23.8 Å². The van der Waals surface area contributed by atoms with Crippen LogP contribution < -0.4 is 0 Å². The van der Waals surface area contributed by atoms with Gasteiger partial charge in [-0.1, -0.05) is 0 Å². The molecule has 0 aliphatic carbocycles. The zero-order valence-electron chi connectivity index (χ0n) is 9.07. The number of esters is 1. The van der Waals surface area contributed by atoms with Gasteiger partial charge in [0.25, 0.3) is 0 Å². The highest BCUT2D eigenvalue weighted by Crippen LogP contribution is 2.21. The fourth-order valence-electron chi connectivity index (χ4n) is 1.74. The lowest BCUT2D eigenvalue weighted by atomic mass is 10.1. The van der Waals surface area contributed by atoms with Gasteiger partial charge in [0.15, 0.2) is 0 Å². The van der Waals surface area contributed by atoms with Crippen molar-refractivity contribution >= 4 is 17.2 Å². The maximum Gasteiger partial charge on any atom is 0.324 e. The van der Waals surface area contributed by atoms with Crippen LogP contribution in [0.4, 0.5) is 0 Å². The number of carbonyl (C=O) groups is 1. The van der Waals surface area contributed by atoms with Gasteiger partial charge in [-0.15, -0.1) is 0 Å². The van der Waals surface area contributed by atoms with E-state index in [9.17, 15) is 9.00 Å². The summed E-state index contributed by atoms with van der Waals surface area (Å²) >= 11 is -2.25. The van der Waals surface area contributed by atoms with Crippen LogP contribution in [0.15, 0.2) is 12.4 Å². The van der Waals surface area contributed by atoms with E-state index < -0.39 is 23.3 Å². The molecule has 0 bridgehead atoms. The van der Waals surface area contributed by atoms with E-state index in [1.807, 2.05) is 0 Å². The highest BCUT2D eigenvalue weighted by Gasteiger charge is 2.36. The number of nitrogens with zero attached hydrogens (tertiary/aromatic N) is 3. The van der Waals surface area contributed by atoms with Crippen LogP contribution in [0.3, 0.4) is 0 Å². The first-order chi connectivity index (χ1) is 8.13. The second-order valence-electron chi connectivity index (χ2n) is 3.50. The lowest BCUT2D eigenvalue weighted by Crippen LogP contribution is -2.47. The predicted octanol–water partition coefficient (Wildman–Crippen LogP) is -0.487. The average molecular weight is 257 g/mol. The third-order valence-electron chi connectivity index (χ3n) is 2.57. The SMILES string of the molecule is COC(=O)C1Cc2nccnc2CN1S(=O)O. The Bertz CT molecular complexity index is 467. The second-order valence-corrected chi connectivity index (χ2v) is 4.43. The molecular weight excluding hydrogens is 246 g/mol. The smallest absolute Gasteiger partial charge is 0.324 e. The normalized spacial score (nSPS) is 21.6. The third-order valence-corrected chi connectivity index (χ3v) is 3.36. The van der Waals surface area contributed by atoms with Crippen molar-refractivity contribution in [2.24, 2.45) is 0 Å². The molecule has 92 valence electrons. The summed E-state index contributed by atoms with van der Waals surface area (Å²) in [6, 6.07) is -0.796. The van der Waals surface area contributed by atoms with Gasteiger partial charge in [-0.2, -0.15) is 4.31 Å². The van der Waals surface area contributed by atoms with Crippen LogP contribution in [0, 0.1) is 0 Å². The summed E-state index contributed by atoms with van der Waals surface area (Å²) in [5, 5.41) is 0. The summed E-state index contributed by atoms with van der Waals surface area (Å²) in [4.78, 5) is 19.7. The lowest BCUT2D eigenvalue weighted by Gasteiger charge is -2.30. The van der Waals surface area contributed by atoms with Gasteiger partial charge in [-0.25, -0.2) is 4.21 Å². The number of methoxy groups -OCH3 is 1. The van der Waals surface area contributed by atoms with Gasteiger partial charge in [-0.05, 0) is 0 Å². The van der Waals surface area contributed by atoms with Gasteiger partial charge in [0.2, 0.25) is 11.3 Å². The highest BCUT2D eigenvalue weighted by atomic mass is 32.2. The molecule has 2 rings (SSSR count). The topological polar surface area (TPSA) is 92.6 Å². The van der Waals surface area contributed by atoms with Crippen molar-refractivity contribution < 1.29 is 18.3 Å². The largest absolute Gasteiger partial charge is 0.468 e. The molecule has 1 aliphatic rings. The molecule has 0 fully saturated rings. The summed E-state index contributed by atoms with van der Waals surface area (Å²) in [6.45, 7) is 0.103. The van der Waals surface area contributed by atoms with Crippen molar-refractivity contribution in [2.75, 3.05) is 7.11 Å². The Balaban J connectivity index is 2.34. The molecule has 1 aromatic heterocycles. The van der Waals surface area contributed by atoms with Gasteiger partial charge in [0.05, 0.1) is 25.0 Å². The fraction of sp³-hybridized carbons (Fsp3) is 0.444. The molecule has 2 heterocycles. The zero-order chi connectivity index (χ0) is 12.4. The number of hydrogen-bond acceptors (Lipinski definition) is 5. The van der Waals surface area contributed by atoms with Crippen LogP contribution >= 0.6 is 0 Å². The lowest BCUT2D eigenvalue weighted by molar-refractivity contribution is -0.145. The van der Waals surface area contributed by atoms with Gasteiger partial charge in [0, 0.05) is 18.8 Å². The molecule has 0 aromatic carbocycles. The van der Waals surface area contributed by atoms with Gasteiger partial charge in [0.1, 0.15) is 6.04 Å². The number of hydrogen-bond donors (Lipinski definition) is 1. The molecule has 2 atom stereocenters. The fourth-order valence-corrected chi connectivity index (χ4v) is 2.35. The van der Waals surface area contributed by atoms with Crippen LogP contribution in [0.1, 0.15) is 11.4 Å². The molecule has 17 heavy (non-hydrogen) atoms. The molecule has 1 N–H and O–H groups in total. The first-order valence-corrected chi connectivity index (χ1v) is 5.94. The summed E-state index contributed by atoms with van der Waals surface area (Å²) in [7, 11) is 1.24. The third kappa shape index (κ3) is 2.33. The molecule has 1 aromatic rings. The van der Waals surface area contributed by atoms with Crippen molar-refractivity contribution in [3.63, 3.8) is 0 Å². The van der Waals surface area contributed by atoms with Gasteiger partial charge >= 0.3 is 5.97 Å². The van der Waals surface area contributed by atoms with Crippen molar-refractivity contribution in [1.82, 2.24) is 14.3 Å². The van der Waals surface area contributed by atoms with Crippen LogP contribution in [-0.4, -0.2) is 42.2 Å². The minimum Gasteiger partial charge on any atom is -0.468 e. The van der Waals surface area contributed by atoms with Crippen LogP contribution in [0.2, 0.25) is 0 Å². The molecule has 2 unspecified atom stereocenters. The minimum atomic E-state index is -2.25. The van der Waals surface area contributed by atoms with E-state index in [1.54, 1.807) is 0 Å². The Morgan fingerprint density at radius 2 is 2.18 bits per heavy atom. The number of rotatable bonds is 2. The maximum atomic E-state index is 11.5. The molecule has 0 saturated carbocycles. The van der Waals surface area contributed by atoms with E-state index >= 15 is 0 Å². The highest BCUT2D eigenvalue weighted by molar-refractivity contribution is 7.76. The zero-order valence-corrected chi connectivity index (χ0v) is 9.88. The Labute approximate surface area is 100 Å². The van der Waals surface area contributed by atoms with E-state index in [0.29, 0.717) is 11.4 Å². The minimum absolute atomic E-state index is 0.103. The van der Waals surface area contributed by atoms with Crippen molar-refractivity contribution in [2.45, 2.75) is 19.0 Å². The Kier molecular flexibility index (Phi) is 3.46. The van der Waals surface area contributed by atoms with Crippen LogP contribution in [0.5, 0.6) is 0 Å². The number of carbonyl (C=O) groups excluding carboxylic acids is 1. The molecule has 0 radical (unpaired) electrons. The summed E-state index contributed by atoms with van der Waals surface area (Å²) in [5.41, 5.74) is 1.26. The van der Waals surface area contributed by atoms with Crippen LogP contribution in [-0.2, 0) is 33.8 Å². The van der Waals surface area contributed by atoms with E-state index in [1.165, 1.54) is 19.5 Å². The molecule has 0 amide bonds. The Morgan fingerprint density at radius 3 is 2.76 bits per heavy atom. The molecule has 1 aliphatic heterocycles. The monoisotopic (exact) mass is 257 g/mol. The second kappa shape index (κ2) is 4.86. The molecule has 7 nitrogen and oxygen atoms in total. The molecule has 0 spiro atoms. The first kappa shape index (κ1) is 12.1. The van der Waals surface area contributed by atoms with Gasteiger partial charge < -0.3 is 4.74 Å². The molecular formula is C9H11N3O4S. The summed E-state index contributed by atoms with van der Waals surface area (Å²) in [5.74, 6) is -0.552. The standard InChI is InChI=1S/C9H11N3O4S/c1-16-9(13)8-4-6-7(11-3-2-10-6)5-12(8)17(14)15/h2-3,8H,4-5H2,1H3,(H,14,15). The van der Waals surface area contributed by atoms with Crippen LogP contribution in [0.25, 0.3) is 0 Å². The first-order valence-electron chi connectivity index (χ1n) is 4.87. The summed E-state index contributed by atoms with van der Waals surface area (Å²) in [6.07, 6.45) is 3.26. The van der Waals surface area contributed by atoms with E-state index in [4.69, 9.17) is 4.55 Å². The average Bonchev–Trinajstić information content (AvgIpc) is 2.36. The molecule has 0 saturated heterocycles. The quantitative estimate of drug-likeness (QED) is 0.568. The number of aromatic nitrogens is 2. The Hall–Kier alpha value is -1.38.